The Balaban J connectivity index is 1.77. The number of halogens is 2. The van der Waals surface area contributed by atoms with Gasteiger partial charge in [0, 0.05) is 25.8 Å². The van der Waals surface area contributed by atoms with Crippen LogP contribution in [0.5, 0.6) is 0 Å². The van der Waals surface area contributed by atoms with Gasteiger partial charge in [-0.1, -0.05) is 17.7 Å². The highest BCUT2D eigenvalue weighted by molar-refractivity contribution is 6.30. The van der Waals surface area contributed by atoms with E-state index >= 15 is 0 Å². The molecule has 3 N–H and O–H groups in total. The summed E-state index contributed by atoms with van der Waals surface area (Å²) in [5, 5.41) is 15.5. The fraction of sp³-hybridized carbons (Fsp3) is 0.562. The highest BCUT2D eigenvalue weighted by Crippen LogP contribution is 2.20. The van der Waals surface area contributed by atoms with Crippen LogP contribution in [0.4, 0.5) is 9.18 Å². The van der Waals surface area contributed by atoms with Gasteiger partial charge in [-0.3, -0.25) is 0 Å². The van der Waals surface area contributed by atoms with Crippen molar-refractivity contribution in [2.24, 2.45) is 5.92 Å². The van der Waals surface area contributed by atoms with Gasteiger partial charge in [-0.2, -0.15) is 0 Å². The SMILES string of the molecule is CC(NC(=O)NCC(O)c1ccc(Cl)c(F)c1)C1CCOCC1. The Hall–Kier alpha value is -1.37. The molecule has 2 unspecified atom stereocenters. The van der Waals surface area contributed by atoms with E-state index in [1.807, 2.05) is 6.92 Å². The van der Waals surface area contributed by atoms with Gasteiger partial charge in [-0.15, -0.1) is 0 Å². The van der Waals surface area contributed by atoms with E-state index in [9.17, 15) is 14.3 Å². The molecule has 0 radical (unpaired) electrons. The Bertz CT molecular complexity index is 538. The van der Waals surface area contributed by atoms with Gasteiger partial charge in [0.05, 0.1) is 11.1 Å². The zero-order valence-corrected chi connectivity index (χ0v) is 13.8. The van der Waals surface area contributed by atoms with E-state index in [4.69, 9.17) is 16.3 Å². The summed E-state index contributed by atoms with van der Waals surface area (Å²) < 4.78 is 18.7. The molecule has 0 aromatic heterocycles. The Morgan fingerprint density at radius 2 is 2.17 bits per heavy atom. The number of hydrogen-bond acceptors (Lipinski definition) is 3. The molecular formula is C16H22ClFN2O3. The zero-order chi connectivity index (χ0) is 16.8. The summed E-state index contributed by atoms with van der Waals surface area (Å²) in [5.74, 6) is -0.203. The second kappa shape index (κ2) is 8.47. The van der Waals surface area contributed by atoms with Crippen LogP contribution in [0.1, 0.15) is 31.4 Å². The fourth-order valence-electron chi connectivity index (χ4n) is 2.62. The van der Waals surface area contributed by atoms with E-state index < -0.39 is 11.9 Å². The maximum absolute atomic E-state index is 13.4. The molecule has 7 heteroatoms. The topological polar surface area (TPSA) is 70.6 Å². The van der Waals surface area contributed by atoms with Gasteiger partial charge in [-0.05, 0) is 43.4 Å². The van der Waals surface area contributed by atoms with Crippen molar-refractivity contribution in [2.75, 3.05) is 19.8 Å². The van der Waals surface area contributed by atoms with Crippen molar-refractivity contribution < 1.29 is 19.0 Å². The predicted octanol–water partition coefficient (Wildman–Crippen LogP) is 2.63. The first-order valence-electron chi connectivity index (χ1n) is 7.72. The first kappa shape index (κ1) is 18.0. The molecule has 1 aromatic rings. The molecule has 1 fully saturated rings. The van der Waals surface area contributed by atoms with E-state index in [-0.39, 0.29) is 23.6 Å². The number of ether oxygens (including phenoxy) is 1. The minimum absolute atomic E-state index is 0.00283. The standard InChI is InChI=1S/C16H22ClFN2O3/c1-10(11-4-6-23-7-5-11)20-16(22)19-9-15(21)12-2-3-13(17)14(18)8-12/h2-3,8,10-11,15,21H,4-7,9H2,1H3,(H2,19,20,22). The Morgan fingerprint density at radius 3 is 2.83 bits per heavy atom. The molecule has 23 heavy (non-hydrogen) atoms. The molecule has 0 spiro atoms. The lowest BCUT2D eigenvalue weighted by atomic mass is 9.93. The minimum Gasteiger partial charge on any atom is -0.387 e. The molecule has 0 aliphatic carbocycles. The summed E-state index contributed by atoms with van der Waals surface area (Å²) in [6, 6.07) is 3.75. The maximum atomic E-state index is 13.4. The molecule has 2 rings (SSSR count). The third-order valence-electron chi connectivity index (χ3n) is 4.12. The first-order chi connectivity index (χ1) is 11.0. The largest absolute Gasteiger partial charge is 0.387 e. The van der Waals surface area contributed by atoms with Crippen LogP contribution in [0.3, 0.4) is 0 Å². The van der Waals surface area contributed by atoms with Crippen LogP contribution in [0.15, 0.2) is 18.2 Å². The smallest absolute Gasteiger partial charge is 0.315 e. The average Bonchev–Trinajstić information content (AvgIpc) is 2.56. The predicted molar refractivity (Wildman–Crippen MR) is 85.9 cm³/mol. The maximum Gasteiger partial charge on any atom is 0.315 e. The van der Waals surface area contributed by atoms with Gasteiger partial charge in [0.2, 0.25) is 0 Å². The molecular weight excluding hydrogens is 323 g/mol. The van der Waals surface area contributed by atoms with Crippen molar-refractivity contribution in [3.63, 3.8) is 0 Å². The van der Waals surface area contributed by atoms with E-state index in [1.165, 1.54) is 12.1 Å². The highest BCUT2D eigenvalue weighted by atomic mass is 35.5. The molecule has 0 saturated carbocycles. The number of benzene rings is 1. The third kappa shape index (κ3) is 5.34. The second-order valence-electron chi connectivity index (χ2n) is 5.78. The fourth-order valence-corrected chi connectivity index (χ4v) is 2.74. The monoisotopic (exact) mass is 344 g/mol. The molecule has 1 aliphatic heterocycles. The zero-order valence-electron chi connectivity index (χ0n) is 13.0. The minimum atomic E-state index is -0.995. The van der Waals surface area contributed by atoms with Crippen molar-refractivity contribution in [3.05, 3.63) is 34.6 Å². The molecule has 2 amide bonds. The number of aliphatic hydroxyl groups is 1. The van der Waals surface area contributed by atoms with Crippen LogP contribution < -0.4 is 10.6 Å². The number of amides is 2. The first-order valence-corrected chi connectivity index (χ1v) is 8.10. The van der Waals surface area contributed by atoms with Crippen molar-refractivity contribution in [1.29, 1.82) is 0 Å². The number of carbonyl (C=O) groups is 1. The van der Waals surface area contributed by atoms with Crippen LogP contribution in [0, 0.1) is 11.7 Å². The van der Waals surface area contributed by atoms with Crippen molar-refractivity contribution in [1.82, 2.24) is 10.6 Å². The number of aliphatic hydroxyl groups excluding tert-OH is 1. The number of nitrogens with one attached hydrogen (secondary N) is 2. The normalized spacial score (nSPS) is 18.3. The van der Waals surface area contributed by atoms with Crippen LogP contribution in [0.25, 0.3) is 0 Å². The lowest BCUT2D eigenvalue weighted by Gasteiger charge is -2.28. The van der Waals surface area contributed by atoms with Crippen molar-refractivity contribution in [3.8, 4) is 0 Å². The lowest BCUT2D eigenvalue weighted by Crippen LogP contribution is -2.46. The summed E-state index contributed by atoms with van der Waals surface area (Å²) >= 11 is 5.60. The summed E-state index contributed by atoms with van der Waals surface area (Å²) in [6.45, 7) is 3.40. The van der Waals surface area contributed by atoms with Gasteiger partial charge in [0.25, 0.3) is 0 Å². The molecule has 2 atom stereocenters. The van der Waals surface area contributed by atoms with Gasteiger partial charge >= 0.3 is 6.03 Å². The van der Waals surface area contributed by atoms with Crippen LogP contribution in [-0.2, 0) is 4.74 Å². The van der Waals surface area contributed by atoms with Gasteiger partial charge in [0.1, 0.15) is 5.82 Å². The molecule has 1 saturated heterocycles. The third-order valence-corrected chi connectivity index (χ3v) is 4.42. The van der Waals surface area contributed by atoms with Crippen LogP contribution >= 0.6 is 11.6 Å². The number of hydrogen-bond donors (Lipinski definition) is 3. The molecule has 128 valence electrons. The number of urea groups is 1. The lowest BCUT2D eigenvalue weighted by molar-refractivity contribution is 0.0570. The number of rotatable bonds is 5. The van der Waals surface area contributed by atoms with Gasteiger partial charge < -0.3 is 20.5 Å². The molecule has 1 aliphatic rings. The van der Waals surface area contributed by atoms with Gasteiger partial charge in [-0.25, -0.2) is 9.18 Å². The summed E-state index contributed by atoms with van der Waals surface area (Å²) in [7, 11) is 0. The van der Waals surface area contributed by atoms with E-state index in [0.29, 0.717) is 11.5 Å². The Morgan fingerprint density at radius 1 is 1.48 bits per heavy atom. The summed E-state index contributed by atoms with van der Waals surface area (Å²) in [4.78, 5) is 11.9. The van der Waals surface area contributed by atoms with E-state index in [2.05, 4.69) is 10.6 Å². The molecule has 0 bridgehead atoms. The molecule has 1 heterocycles. The van der Waals surface area contributed by atoms with E-state index in [1.54, 1.807) is 0 Å². The van der Waals surface area contributed by atoms with Crippen LogP contribution in [0.2, 0.25) is 5.02 Å². The van der Waals surface area contributed by atoms with Crippen LogP contribution in [-0.4, -0.2) is 36.9 Å². The molecule has 5 nitrogen and oxygen atoms in total. The highest BCUT2D eigenvalue weighted by Gasteiger charge is 2.22. The molecule has 1 aromatic carbocycles. The Kier molecular flexibility index (Phi) is 6.62. The Labute approximate surface area is 140 Å². The summed E-state index contributed by atoms with van der Waals surface area (Å²) in [6.07, 6.45) is 0.855. The quantitative estimate of drug-likeness (QED) is 0.769. The number of carbonyl (C=O) groups excluding carboxylic acids is 1. The second-order valence-corrected chi connectivity index (χ2v) is 6.19. The van der Waals surface area contributed by atoms with Crippen molar-refractivity contribution >= 4 is 17.6 Å². The van der Waals surface area contributed by atoms with E-state index in [0.717, 1.165) is 32.1 Å². The summed E-state index contributed by atoms with van der Waals surface area (Å²) in [5.41, 5.74) is 0.365. The van der Waals surface area contributed by atoms with Crippen molar-refractivity contribution in [2.45, 2.75) is 31.9 Å². The van der Waals surface area contributed by atoms with Gasteiger partial charge in [0.15, 0.2) is 0 Å². The average molecular weight is 345 g/mol.